The molecular formula is C18H24N2O3. The summed E-state index contributed by atoms with van der Waals surface area (Å²) in [6, 6.07) is 9.18. The molecule has 0 aliphatic carbocycles. The van der Waals surface area contributed by atoms with Gasteiger partial charge in [0.15, 0.2) is 0 Å². The van der Waals surface area contributed by atoms with Crippen LogP contribution in [0.25, 0.3) is 10.9 Å². The Kier molecular flexibility index (Phi) is 6.35. The lowest BCUT2D eigenvalue weighted by molar-refractivity contribution is 0.0528. The fourth-order valence-corrected chi connectivity index (χ4v) is 2.42. The first-order valence-corrected chi connectivity index (χ1v) is 8.11. The summed E-state index contributed by atoms with van der Waals surface area (Å²) >= 11 is 0. The maximum atomic E-state index is 12.2. The maximum Gasteiger partial charge on any atom is 0.339 e. The summed E-state index contributed by atoms with van der Waals surface area (Å²) in [7, 11) is 0. The Hall–Kier alpha value is -2.14. The number of rotatable bonds is 8. The number of hydrogen-bond acceptors (Lipinski definition) is 5. The van der Waals surface area contributed by atoms with Crippen LogP contribution in [0.5, 0.6) is 5.88 Å². The predicted octanol–water partition coefficient (Wildman–Crippen LogP) is 3.13. The van der Waals surface area contributed by atoms with Crippen molar-refractivity contribution in [2.45, 2.75) is 20.8 Å². The Labute approximate surface area is 137 Å². The van der Waals surface area contributed by atoms with Gasteiger partial charge in [-0.25, -0.2) is 9.78 Å². The number of fused-ring (bicyclic) bond motifs is 1. The van der Waals surface area contributed by atoms with Crippen molar-refractivity contribution in [3.8, 4) is 5.88 Å². The maximum absolute atomic E-state index is 12.2. The fourth-order valence-electron chi connectivity index (χ4n) is 2.42. The topological polar surface area (TPSA) is 51.7 Å². The van der Waals surface area contributed by atoms with Gasteiger partial charge >= 0.3 is 5.97 Å². The summed E-state index contributed by atoms with van der Waals surface area (Å²) in [6.45, 7) is 9.72. The molecule has 1 heterocycles. The Bertz CT molecular complexity index is 654. The van der Waals surface area contributed by atoms with Gasteiger partial charge in [-0.2, -0.15) is 0 Å². The molecule has 0 unspecified atom stereocenters. The van der Waals surface area contributed by atoms with Gasteiger partial charge in [0.05, 0.1) is 17.7 Å². The van der Waals surface area contributed by atoms with Crippen molar-refractivity contribution in [3.05, 3.63) is 35.9 Å². The normalized spacial score (nSPS) is 11.0. The number of nitrogens with zero attached hydrogens (tertiary/aromatic N) is 2. The van der Waals surface area contributed by atoms with Crippen LogP contribution in [0, 0.1) is 0 Å². The molecule has 0 atom stereocenters. The number of aromatic nitrogens is 1. The third kappa shape index (κ3) is 4.42. The van der Waals surface area contributed by atoms with Crippen LogP contribution in [0.1, 0.15) is 31.1 Å². The molecule has 0 spiro atoms. The van der Waals surface area contributed by atoms with Crippen molar-refractivity contribution < 1.29 is 14.3 Å². The quantitative estimate of drug-likeness (QED) is 0.700. The van der Waals surface area contributed by atoms with Gasteiger partial charge in [-0.05, 0) is 26.1 Å². The predicted molar refractivity (Wildman–Crippen MR) is 91.0 cm³/mol. The lowest BCUT2D eigenvalue weighted by Gasteiger charge is -2.18. The van der Waals surface area contributed by atoms with Crippen molar-refractivity contribution in [1.82, 2.24) is 9.88 Å². The van der Waals surface area contributed by atoms with Crippen molar-refractivity contribution in [1.29, 1.82) is 0 Å². The van der Waals surface area contributed by atoms with Crippen LogP contribution in [0.4, 0.5) is 0 Å². The van der Waals surface area contributed by atoms with Crippen molar-refractivity contribution >= 4 is 16.9 Å². The molecule has 124 valence electrons. The van der Waals surface area contributed by atoms with Crippen molar-refractivity contribution in [2.75, 3.05) is 32.8 Å². The summed E-state index contributed by atoms with van der Waals surface area (Å²) in [6.07, 6.45) is 0. The van der Waals surface area contributed by atoms with E-state index in [9.17, 15) is 4.79 Å². The average Bonchev–Trinajstić information content (AvgIpc) is 2.58. The molecule has 23 heavy (non-hydrogen) atoms. The second-order valence-electron chi connectivity index (χ2n) is 5.12. The first-order chi connectivity index (χ1) is 11.2. The minimum atomic E-state index is -0.348. The number of carbonyl (C=O) groups is 1. The van der Waals surface area contributed by atoms with Gasteiger partial charge in [0.1, 0.15) is 6.61 Å². The van der Waals surface area contributed by atoms with E-state index in [1.54, 1.807) is 13.0 Å². The van der Waals surface area contributed by atoms with Crippen LogP contribution in [0.15, 0.2) is 30.3 Å². The second kappa shape index (κ2) is 8.48. The van der Waals surface area contributed by atoms with E-state index in [2.05, 4.69) is 23.7 Å². The fraction of sp³-hybridized carbons (Fsp3) is 0.444. The first kappa shape index (κ1) is 17.2. The third-order valence-corrected chi connectivity index (χ3v) is 3.74. The first-order valence-electron chi connectivity index (χ1n) is 8.11. The van der Waals surface area contributed by atoms with Gasteiger partial charge in [-0.3, -0.25) is 0 Å². The Morgan fingerprint density at radius 2 is 1.91 bits per heavy atom. The van der Waals surface area contributed by atoms with Gasteiger partial charge < -0.3 is 14.4 Å². The minimum absolute atomic E-state index is 0.341. The van der Waals surface area contributed by atoms with Gasteiger partial charge in [-0.1, -0.05) is 32.0 Å². The molecule has 0 amide bonds. The molecule has 0 aliphatic rings. The number of benzene rings is 1. The number of carbonyl (C=O) groups excluding carboxylic acids is 1. The lowest BCUT2D eigenvalue weighted by atomic mass is 10.1. The van der Waals surface area contributed by atoms with Crippen molar-refractivity contribution in [2.24, 2.45) is 0 Å². The van der Waals surface area contributed by atoms with E-state index >= 15 is 0 Å². The van der Waals surface area contributed by atoms with Crippen LogP contribution >= 0.6 is 0 Å². The lowest BCUT2D eigenvalue weighted by Crippen LogP contribution is -2.28. The van der Waals surface area contributed by atoms with Gasteiger partial charge in [0.25, 0.3) is 0 Å². The molecule has 0 N–H and O–H groups in total. The minimum Gasteiger partial charge on any atom is -0.476 e. The van der Waals surface area contributed by atoms with E-state index in [0.29, 0.717) is 24.7 Å². The molecule has 5 heteroatoms. The van der Waals surface area contributed by atoms with Crippen LogP contribution in [0.3, 0.4) is 0 Å². The Morgan fingerprint density at radius 1 is 1.17 bits per heavy atom. The molecule has 5 nitrogen and oxygen atoms in total. The molecule has 0 saturated carbocycles. The molecule has 2 rings (SSSR count). The highest BCUT2D eigenvalue weighted by Crippen LogP contribution is 2.22. The van der Waals surface area contributed by atoms with Gasteiger partial charge in [-0.15, -0.1) is 0 Å². The van der Waals surface area contributed by atoms with Crippen LogP contribution in [-0.2, 0) is 4.74 Å². The molecule has 2 aromatic rings. The molecule has 0 fully saturated rings. The zero-order chi connectivity index (χ0) is 16.7. The highest BCUT2D eigenvalue weighted by Gasteiger charge is 2.14. The van der Waals surface area contributed by atoms with E-state index in [0.717, 1.165) is 30.5 Å². The van der Waals surface area contributed by atoms with Crippen LogP contribution < -0.4 is 4.74 Å². The standard InChI is InChI=1S/C18H24N2O3/c1-4-20(5-2)11-12-23-17-13-15(18(21)22-6-3)14-9-7-8-10-16(14)19-17/h7-10,13H,4-6,11-12H2,1-3H3. The van der Waals surface area contributed by atoms with E-state index in [-0.39, 0.29) is 5.97 Å². The summed E-state index contributed by atoms with van der Waals surface area (Å²) in [5.41, 5.74) is 1.23. The van der Waals surface area contributed by atoms with E-state index in [4.69, 9.17) is 9.47 Å². The number of para-hydroxylation sites is 1. The van der Waals surface area contributed by atoms with E-state index in [1.165, 1.54) is 0 Å². The molecule has 0 aliphatic heterocycles. The van der Waals surface area contributed by atoms with E-state index < -0.39 is 0 Å². The number of likely N-dealkylation sites (N-methyl/N-ethyl adjacent to an activating group) is 1. The number of hydrogen-bond donors (Lipinski definition) is 0. The summed E-state index contributed by atoms with van der Waals surface area (Å²) in [5, 5.41) is 0.780. The van der Waals surface area contributed by atoms with E-state index in [1.807, 2.05) is 24.3 Å². The smallest absolute Gasteiger partial charge is 0.339 e. The molecule has 1 aromatic heterocycles. The largest absolute Gasteiger partial charge is 0.476 e. The second-order valence-corrected chi connectivity index (χ2v) is 5.12. The third-order valence-electron chi connectivity index (χ3n) is 3.74. The SMILES string of the molecule is CCOC(=O)c1cc(OCCN(CC)CC)nc2ccccc12. The Balaban J connectivity index is 2.22. The zero-order valence-corrected chi connectivity index (χ0v) is 14.0. The number of esters is 1. The Morgan fingerprint density at radius 3 is 2.61 bits per heavy atom. The number of pyridine rings is 1. The van der Waals surface area contributed by atoms with Crippen molar-refractivity contribution in [3.63, 3.8) is 0 Å². The van der Waals surface area contributed by atoms with Crippen LogP contribution in [-0.4, -0.2) is 48.7 Å². The molecule has 0 saturated heterocycles. The average molecular weight is 316 g/mol. The van der Waals surface area contributed by atoms with Gasteiger partial charge in [0.2, 0.25) is 5.88 Å². The number of ether oxygens (including phenoxy) is 2. The van der Waals surface area contributed by atoms with Crippen LogP contribution in [0.2, 0.25) is 0 Å². The molecule has 1 aromatic carbocycles. The molecule has 0 radical (unpaired) electrons. The summed E-state index contributed by atoms with van der Waals surface area (Å²) in [5.74, 6) is 0.110. The highest BCUT2D eigenvalue weighted by molar-refractivity contribution is 6.03. The summed E-state index contributed by atoms with van der Waals surface area (Å²) < 4.78 is 10.9. The monoisotopic (exact) mass is 316 g/mol. The van der Waals surface area contributed by atoms with Gasteiger partial charge in [0, 0.05) is 18.0 Å². The molecule has 0 bridgehead atoms. The molecular weight excluding hydrogens is 292 g/mol. The highest BCUT2D eigenvalue weighted by atomic mass is 16.5. The zero-order valence-electron chi connectivity index (χ0n) is 14.0. The summed E-state index contributed by atoms with van der Waals surface area (Å²) in [4.78, 5) is 18.9.